The zero-order valence-electron chi connectivity index (χ0n) is 14.1. The molecule has 132 valence electrons. The molecule has 0 spiro atoms. The third kappa shape index (κ3) is 4.11. The molecule has 3 rings (SSSR count). The first kappa shape index (κ1) is 18.1. The topological polar surface area (TPSA) is 55.9 Å². The molecule has 4 nitrogen and oxygen atoms in total. The van der Waals surface area contributed by atoms with Crippen molar-refractivity contribution in [3.8, 4) is 11.3 Å². The average Bonchev–Trinajstić information content (AvgIpc) is 3.10. The van der Waals surface area contributed by atoms with Crippen LogP contribution in [-0.2, 0) is 13.5 Å². The zero-order chi connectivity index (χ0) is 18.0. The van der Waals surface area contributed by atoms with Crippen LogP contribution in [0.15, 0.2) is 41.0 Å². The number of aryl methyl sites for hydroxylation is 2. The lowest BCUT2D eigenvalue weighted by atomic mass is 10.1. The quantitative estimate of drug-likeness (QED) is 0.620. The molecular weight excluding hydrogens is 403 g/mol. The lowest BCUT2D eigenvalue weighted by molar-refractivity contribution is 0.626. The van der Waals surface area contributed by atoms with Crippen molar-refractivity contribution in [2.45, 2.75) is 19.4 Å². The standard InChI is InChI=1S/C18H20BrFN4S/c1-11-15(18-16(19)10-22-24(18)2)8-17(25-11)23-14(9-21)7-12-3-5-13(20)6-4-12/h3-6,8,10,14,23H,7,9,21H2,1-2H3/t14-/m0/s1. The van der Waals surface area contributed by atoms with Crippen LogP contribution in [0.3, 0.4) is 0 Å². The van der Waals surface area contributed by atoms with Crippen molar-refractivity contribution in [2.24, 2.45) is 12.8 Å². The van der Waals surface area contributed by atoms with Gasteiger partial charge in [0, 0.05) is 30.1 Å². The highest BCUT2D eigenvalue weighted by molar-refractivity contribution is 9.10. The molecule has 0 radical (unpaired) electrons. The Hall–Kier alpha value is -1.70. The van der Waals surface area contributed by atoms with Crippen LogP contribution in [0.1, 0.15) is 10.4 Å². The van der Waals surface area contributed by atoms with Gasteiger partial charge in [0.15, 0.2) is 0 Å². The molecule has 0 aliphatic carbocycles. The summed E-state index contributed by atoms with van der Waals surface area (Å²) in [5.41, 5.74) is 9.20. The maximum absolute atomic E-state index is 13.1. The van der Waals surface area contributed by atoms with Crippen molar-refractivity contribution in [3.63, 3.8) is 0 Å². The molecule has 0 bridgehead atoms. The Morgan fingerprint density at radius 2 is 2.08 bits per heavy atom. The highest BCUT2D eigenvalue weighted by atomic mass is 79.9. The van der Waals surface area contributed by atoms with Gasteiger partial charge in [-0.05, 0) is 53.0 Å². The third-order valence-electron chi connectivity index (χ3n) is 4.09. The molecule has 1 atom stereocenters. The second-order valence-corrected chi connectivity index (χ2v) is 8.06. The van der Waals surface area contributed by atoms with Gasteiger partial charge < -0.3 is 11.1 Å². The molecular formula is C18H20BrFN4S. The largest absolute Gasteiger partial charge is 0.373 e. The summed E-state index contributed by atoms with van der Waals surface area (Å²) in [6.07, 6.45) is 2.55. The van der Waals surface area contributed by atoms with Crippen molar-refractivity contribution >= 4 is 32.3 Å². The van der Waals surface area contributed by atoms with E-state index in [4.69, 9.17) is 5.73 Å². The molecule has 0 aliphatic heterocycles. The van der Waals surface area contributed by atoms with Gasteiger partial charge in [0.1, 0.15) is 5.82 Å². The van der Waals surface area contributed by atoms with E-state index in [1.54, 1.807) is 29.7 Å². The average molecular weight is 423 g/mol. The van der Waals surface area contributed by atoms with Gasteiger partial charge in [0.05, 0.1) is 21.4 Å². The summed E-state index contributed by atoms with van der Waals surface area (Å²) >= 11 is 5.26. The molecule has 25 heavy (non-hydrogen) atoms. The summed E-state index contributed by atoms with van der Waals surface area (Å²) in [6.45, 7) is 2.60. The summed E-state index contributed by atoms with van der Waals surface area (Å²) in [5.74, 6) is -0.221. The van der Waals surface area contributed by atoms with Crippen LogP contribution in [0.25, 0.3) is 11.3 Å². The summed E-state index contributed by atoms with van der Waals surface area (Å²) < 4.78 is 15.9. The molecule has 2 aromatic heterocycles. The van der Waals surface area contributed by atoms with E-state index in [0.29, 0.717) is 6.54 Å². The minimum Gasteiger partial charge on any atom is -0.373 e. The molecule has 3 aromatic rings. The predicted molar refractivity (Wildman–Crippen MR) is 106 cm³/mol. The number of hydrogen-bond donors (Lipinski definition) is 2. The van der Waals surface area contributed by atoms with Gasteiger partial charge in [-0.25, -0.2) is 4.39 Å². The molecule has 0 amide bonds. The number of nitrogens with two attached hydrogens (primary N) is 1. The summed E-state index contributed by atoms with van der Waals surface area (Å²) in [6, 6.07) is 8.79. The molecule has 0 saturated heterocycles. The number of hydrogen-bond acceptors (Lipinski definition) is 4. The fourth-order valence-corrected chi connectivity index (χ4v) is 4.36. The van der Waals surface area contributed by atoms with E-state index < -0.39 is 0 Å². The second-order valence-electron chi connectivity index (χ2n) is 5.95. The highest BCUT2D eigenvalue weighted by Gasteiger charge is 2.16. The Labute approximate surface area is 159 Å². The SMILES string of the molecule is Cc1sc(N[C@H](CN)Cc2ccc(F)cc2)cc1-c1c(Br)cnn1C. The Morgan fingerprint density at radius 1 is 1.36 bits per heavy atom. The van der Waals surface area contributed by atoms with Crippen LogP contribution < -0.4 is 11.1 Å². The van der Waals surface area contributed by atoms with Crippen LogP contribution in [0, 0.1) is 12.7 Å². The molecule has 0 unspecified atom stereocenters. The van der Waals surface area contributed by atoms with Crippen LogP contribution in [0.4, 0.5) is 9.39 Å². The zero-order valence-corrected chi connectivity index (χ0v) is 16.5. The van der Waals surface area contributed by atoms with Crippen molar-refractivity contribution in [3.05, 3.63) is 57.3 Å². The number of nitrogens with one attached hydrogen (secondary N) is 1. The number of benzene rings is 1. The van der Waals surface area contributed by atoms with Gasteiger partial charge in [-0.15, -0.1) is 11.3 Å². The number of thiophene rings is 1. The Kier molecular flexibility index (Phi) is 5.56. The lowest BCUT2D eigenvalue weighted by Crippen LogP contribution is -2.30. The van der Waals surface area contributed by atoms with Crippen molar-refractivity contribution in [1.29, 1.82) is 0 Å². The van der Waals surface area contributed by atoms with Crippen LogP contribution in [0.5, 0.6) is 0 Å². The van der Waals surface area contributed by atoms with Gasteiger partial charge in [-0.3, -0.25) is 4.68 Å². The van der Waals surface area contributed by atoms with Crippen LogP contribution in [-0.4, -0.2) is 22.4 Å². The molecule has 0 aliphatic rings. The molecule has 3 N–H and O–H groups in total. The predicted octanol–water partition coefficient (Wildman–Crippen LogP) is 4.34. The number of anilines is 1. The van der Waals surface area contributed by atoms with E-state index in [1.165, 1.54) is 17.0 Å². The summed E-state index contributed by atoms with van der Waals surface area (Å²) in [7, 11) is 1.93. The Morgan fingerprint density at radius 3 is 2.68 bits per heavy atom. The van der Waals surface area contributed by atoms with E-state index in [-0.39, 0.29) is 11.9 Å². The highest BCUT2D eigenvalue weighted by Crippen LogP contribution is 2.37. The lowest BCUT2D eigenvalue weighted by Gasteiger charge is -2.17. The van der Waals surface area contributed by atoms with Crippen LogP contribution in [0.2, 0.25) is 0 Å². The third-order valence-corrected chi connectivity index (χ3v) is 5.66. The van der Waals surface area contributed by atoms with Crippen LogP contribution >= 0.6 is 27.3 Å². The fourth-order valence-electron chi connectivity index (χ4n) is 2.80. The van der Waals surface area contributed by atoms with Gasteiger partial charge in [-0.1, -0.05) is 12.1 Å². The fraction of sp³-hybridized carbons (Fsp3) is 0.278. The number of rotatable bonds is 6. The van der Waals surface area contributed by atoms with Gasteiger partial charge >= 0.3 is 0 Å². The molecule has 7 heteroatoms. The van der Waals surface area contributed by atoms with Crippen molar-refractivity contribution < 1.29 is 4.39 Å². The maximum atomic E-state index is 13.1. The maximum Gasteiger partial charge on any atom is 0.123 e. The molecule has 0 fully saturated rings. The molecule has 2 heterocycles. The van der Waals surface area contributed by atoms with Gasteiger partial charge in [0.25, 0.3) is 0 Å². The monoisotopic (exact) mass is 422 g/mol. The minimum atomic E-state index is -0.221. The number of halogens is 2. The minimum absolute atomic E-state index is 0.0892. The van der Waals surface area contributed by atoms with Gasteiger partial charge in [0.2, 0.25) is 0 Å². The van der Waals surface area contributed by atoms with E-state index in [0.717, 1.165) is 32.7 Å². The number of nitrogens with zero attached hydrogens (tertiary/aromatic N) is 2. The second kappa shape index (κ2) is 7.68. The Bertz CT molecular complexity index is 837. The molecule has 1 aromatic carbocycles. The first-order chi connectivity index (χ1) is 12.0. The first-order valence-electron chi connectivity index (χ1n) is 7.97. The Balaban J connectivity index is 1.78. The smallest absolute Gasteiger partial charge is 0.123 e. The molecule has 0 saturated carbocycles. The summed E-state index contributed by atoms with van der Waals surface area (Å²) in [4.78, 5) is 1.21. The number of aromatic nitrogens is 2. The van der Waals surface area contributed by atoms with E-state index in [9.17, 15) is 4.39 Å². The van der Waals surface area contributed by atoms with E-state index in [2.05, 4.69) is 39.3 Å². The van der Waals surface area contributed by atoms with E-state index in [1.807, 2.05) is 11.7 Å². The van der Waals surface area contributed by atoms with Gasteiger partial charge in [-0.2, -0.15) is 5.10 Å². The first-order valence-corrected chi connectivity index (χ1v) is 9.58. The van der Waals surface area contributed by atoms with Crippen molar-refractivity contribution in [2.75, 3.05) is 11.9 Å². The van der Waals surface area contributed by atoms with E-state index >= 15 is 0 Å². The normalized spacial score (nSPS) is 12.4. The summed E-state index contributed by atoms with van der Waals surface area (Å²) in [5, 5.41) is 8.86. The van der Waals surface area contributed by atoms with Crippen molar-refractivity contribution in [1.82, 2.24) is 9.78 Å².